The van der Waals surface area contributed by atoms with Crippen LogP contribution in [0.5, 0.6) is 0 Å². The van der Waals surface area contributed by atoms with Gasteiger partial charge in [0.2, 0.25) is 0 Å². The Balaban J connectivity index is 2.08. The zero-order valence-corrected chi connectivity index (χ0v) is 16.4. The van der Waals surface area contributed by atoms with Crippen LogP contribution in [0.25, 0.3) is 21.5 Å². The molecule has 0 aliphatic heterocycles. The Hall–Kier alpha value is -3.04. The minimum Gasteiger partial charge on any atom is -0.0616 e. The molecular weight excluding hydrogens is 324 g/mol. The highest BCUT2D eigenvalue weighted by molar-refractivity contribution is 6.08. The summed E-state index contributed by atoms with van der Waals surface area (Å²) in [6, 6.07) is 25.8. The highest BCUT2D eigenvalue weighted by Crippen LogP contribution is 2.39. The Kier molecular flexibility index (Phi) is 4.25. The molecule has 0 heteroatoms. The first kappa shape index (κ1) is 17.4. The molecule has 0 heterocycles. The Labute approximate surface area is 161 Å². The van der Waals surface area contributed by atoms with Crippen molar-refractivity contribution in [2.45, 2.75) is 33.1 Å². The highest BCUT2D eigenvalue weighted by Gasteiger charge is 2.22. The van der Waals surface area contributed by atoms with Crippen LogP contribution < -0.4 is 0 Å². The molecule has 0 saturated carbocycles. The number of aryl methyl sites for hydroxylation is 1. The second-order valence-electron chi connectivity index (χ2n) is 8.21. The molecule has 0 nitrogen and oxygen atoms in total. The Morgan fingerprint density at radius 1 is 0.593 bits per heavy atom. The summed E-state index contributed by atoms with van der Waals surface area (Å²) in [5.41, 5.74) is 4.88. The van der Waals surface area contributed by atoms with E-state index in [1.54, 1.807) is 0 Å². The van der Waals surface area contributed by atoms with Crippen LogP contribution in [0.3, 0.4) is 0 Å². The van der Waals surface area contributed by atoms with E-state index in [1.165, 1.54) is 32.7 Å². The van der Waals surface area contributed by atoms with Crippen LogP contribution in [0.1, 0.15) is 43.0 Å². The average molecular weight is 348 g/mol. The Morgan fingerprint density at radius 3 is 1.56 bits per heavy atom. The fourth-order valence-electron chi connectivity index (χ4n) is 3.84. The third-order valence-corrected chi connectivity index (χ3v) is 5.06. The first-order valence-electron chi connectivity index (χ1n) is 9.48. The van der Waals surface area contributed by atoms with E-state index in [-0.39, 0.29) is 5.41 Å². The molecule has 0 aliphatic rings. The Morgan fingerprint density at radius 2 is 1.07 bits per heavy atom. The minimum absolute atomic E-state index is 0.0577. The summed E-state index contributed by atoms with van der Waals surface area (Å²) < 4.78 is 0. The number of hydrogen-bond acceptors (Lipinski definition) is 0. The van der Waals surface area contributed by atoms with Crippen molar-refractivity contribution in [3.8, 4) is 11.8 Å². The summed E-state index contributed by atoms with van der Waals surface area (Å²) in [6.45, 7) is 8.97. The molecule has 4 rings (SSSR count). The van der Waals surface area contributed by atoms with Gasteiger partial charge >= 0.3 is 0 Å². The molecule has 0 aromatic heterocycles. The molecule has 0 bridgehead atoms. The van der Waals surface area contributed by atoms with Crippen molar-refractivity contribution in [2.75, 3.05) is 0 Å². The standard InChI is InChI=1S/C27H24/c1-19-13-15-20(16-14-19)17-18-23-21-9-5-7-11-24(21)26(27(2,3)4)25-12-8-6-10-22(23)25/h5-16H,1-4H3. The second-order valence-corrected chi connectivity index (χ2v) is 8.21. The number of benzene rings is 4. The summed E-state index contributed by atoms with van der Waals surface area (Å²) in [5, 5.41) is 5.08. The molecule has 0 N–H and O–H groups in total. The van der Waals surface area contributed by atoms with Crippen LogP contribution in [0, 0.1) is 18.8 Å². The SMILES string of the molecule is Cc1ccc(C#Cc2c3ccccc3c(C(C)(C)C)c3ccccc23)cc1. The van der Waals surface area contributed by atoms with E-state index >= 15 is 0 Å². The van der Waals surface area contributed by atoms with Gasteiger partial charge in [0.15, 0.2) is 0 Å². The summed E-state index contributed by atoms with van der Waals surface area (Å²) in [7, 11) is 0. The molecule has 0 unspecified atom stereocenters. The zero-order valence-electron chi connectivity index (χ0n) is 16.4. The van der Waals surface area contributed by atoms with Crippen molar-refractivity contribution in [1.29, 1.82) is 0 Å². The second kappa shape index (κ2) is 6.60. The summed E-state index contributed by atoms with van der Waals surface area (Å²) in [5.74, 6) is 6.88. The minimum atomic E-state index is 0.0577. The van der Waals surface area contributed by atoms with Gasteiger partial charge in [0.25, 0.3) is 0 Å². The molecule has 4 aromatic carbocycles. The van der Waals surface area contributed by atoms with Crippen LogP contribution in [0.4, 0.5) is 0 Å². The van der Waals surface area contributed by atoms with E-state index in [9.17, 15) is 0 Å². The fourth-order valence-corrected chi connectivity index (χ4v) is 3.84. The van der Waals surface area contributed by atoms with Crippen LogP contribution in [-0.2, 0) is 5.41 Å². The van der Waals surface area contributed by atoms with Gasteiger partial charge in [-0.2, -0.15) is 0 Å². The van der Waals surface area contributed by atoms with E-state index in [1.807, 2.05) is 0 Å². The van der Waals surface area contributed by atoms with Crippen LogP contribution in [0.2, 0.25) is 0 Å². The molecule has 0 aliphatic carbocycles. The number of rotatable bonds is 0. The maximum atomic E-state index is 3.50. The quantitative estimate of drug-likeness (QED) is 0.237. The van der Waals surface area contributed by atoms with E-state index < -0.39 is 0 Å². The van der Waals surface area contributed by atoms with Crippen molar-refractivity contribution < 1.29 is 0 Å². The van der Waals surface area contributed by atoms with E-state index in [2.05, 4.69) is 112 Å². The lowest BCUT2D eigenvalue weighted by atomic mass is 9.79. The average Bonchev–Trinajstić information content (AvgIpc) is 2.65. The van der Waals surface area contributed by atoms with E-state index in [0.717, 1.165) is 11.1 Å². The molecular formula is C27H24. The van der Waals surface area contributed by atoms with Gasteiger partial charge in [-0.05, 0) is 51.6 Å². The monoisotopic (exact) mass is 348 g/mol. The third-order valence-electron chi connectivity index (χ3n) is 5.06. The fraction of sp³-hybridized carbons (Fsp3) is 0.185. The summed E-state index contributed by atoms with van der Waals surface area (Å²) in [6.07, 6.45) is 0. The van der Waals surface area contributed by atoms with Crippen molar-refractivity contribution in [2.24, 2.45) is 0 Å². The number of hydrogen-bond donors (Lipinski definition) is 0. The lowest BCUT2D eigenvalue weighted by molar-refractivity contribution is 0.601. The lowest BCUT2D eigenvalue weighted by Gasteiger charge is -2.25. The molecule has 0 spiro atoms. The maximum Gasteiger partial charge on any atom is 0.0406 e. The molecule has 0 saturated heterocycles. The Bertz CT molecular complexity index is 1130. The van der Waals surface area contributed by atoms with E-state index in [0.29, 0.717) is 0 Å². The summed E-state index contributed by atoms with van der Waals surface area (Å²) in [4.78, 5) is 0. The molecule has 27 heavy (non-hydrogen) atoms. The molecule has 132 valence electrons. The number of fused-ring (bicyclic) bond motifs is 2. The maximum absolute atomic E-state index is 3.50. The van der Waals surface area contributed by atoms with Crippen LogP contribution in [-0.4, -0.2) is 0 Å². The van der Waals surface area contributed by atoms with Gasteiger partial charge in [0.05, 0.1) is 0 Å². The molecule has 0 amide bonds. The van der Waals surface area contributed by atoms with Crippen molar-refractivity contribution in [3.05, 3.63) is 95.1 Å². The van der Waals surface area contributed by atoms with Gasteiger partial charge in [-0.1, -0.05) is 98.8 Å². The van der Waals surface area contributed by atoms with Crippen LogP contribution >= 0.6 is 0 Å². The van der Waals surface area contributed by atoms with Crippen molar-refractivity contribution in [1.82, 2.24) is 0 Å². The van der Waals surface area contributed by atoms with Gasteiger partial charge in [0, 0.05) is 11.1 Å². The van der Waals surface area contributed by atoms with Gasteiger partial charge in [0.1, 0.15) is 0 Å². The normalized spacial score (nSPS) is 11.4. The van der Waals surface area contributed by atoms with Gasteiger partial charge in [-0.15, -0.1) is 0 Å². The predicted molar refractivity (Wildman–Crippen MR) is 117 cm³/mol. The van der Waals surface area contributed by atoms with Crippen LogP contribution in [0.15, 0.2) is 72.8 Å². The lowest BCUT2D eigenvalue weighted by Crippen LogP contribution is -2.13. The summed E-state index contributed by atoms with van der Waals surface area (Å²) >= 11 is 0. The molecule has 0 atom stereocenters. The van der Waals surface area contributed by atoms with Crippen molar-refractivity contribution >= 4 is 21.5 Å². The van der Waals surface area contributed by atoms with Gasteiger partial charge in [-0.25, -0.2) is 0 Å². The first-order valence-corrected chi connectivity index (χ1v) is 9.48. The van der Waals surface area contributed by atoms with Gasteiger partial charge in [-0.3, -0.25) is 0 Å². The highest BCUT2D eigenvalue weighted by atomic mass is 14.2. The largest absolute Gasteiger partial charge is 0.0616 e. The molecule has 4 aromatic rings. The molecule has 0 radical (unpaired) electrons. The topological polar surface area (TPSA) is 0 Å². The third kappa shape index (κ3) is 3.22. The zero-order chi connectivity index (χ0) is 19.0. The van der Waals surface area contributed by atoms with E-state index in [4.69, 9.17) is 0 Å². The molecule has 0 fully saturated rings. The first-order chi connectivity index (χ1) is 12.9. The van der Waals surface area contributed by atoms with Crippen molar-refractivity contribution in [3.63, 3.8) is 0 Å². The predicted octanol–water partition coefficient (Wildman–Crippen LogP) is 7.00. The van der Waals surface area contributed by atoms with Gasteiger partial charge < -0.3 is 0 Å². The smallest absolute Gasteiger partial charge is 0.0406 e.